The van der Waals surface area contributed by atoms with Crippen LogP contribution in [0.2, 0.25) is 0 Å². The second kappa shape index (κ2) is 7.63. The van der Waals surface area contributed by atoms with Crippen LogP contribution in [-0.2, 0) is 20.8 Å². The number of carbonyl (C=O) groups excluding carboxylic acids is 2. The summed E-state index contributed by atoms with van der Waals surface area (Å²) in [6, 6.07) is 22.4. The number of anilines is 2. The number of nitrogens with zero attached hydrogens (tertiary/aromatic N) is 2. The Hall–Kier alpha value is -3.51. The van der Waals surface area contributed by atoms with Crippen LogP contribution in [0.1, 0.15) is 24.1 Å². The smallest absolute Gasteiger partial charge is 0.266 e. The van der Waals surface area contributed by atoms with E-state index in [1.54, 1.807) is 5.06 Å². The predicted molar refractivity (Wildman–Crippen MR) is 115 cm³/mol. The zero-order valence-electron chi connectivity index (χ0n) is 16.9. The number of imide groups is 1. The van der Waals surface area contributed by atoms with Gasteiger partial charge in [-0.05, 0) is 53.9 Å². The lowest BCUT2D eigenvalue weighted by atomic mass is 9.90. The molecule has 0 aromatic heterocycles. The zero-order valence-corrected chi connectivity index (χ0v) is 16.9. The number of benzene rings is 3. The van der Waals surface area contributed by atoms with Crippen molar-refractivity contribution >= 4 is 23.2 Å². The van der Waals surface area contributed by atoms with Gasteiger partial charge in [0.05, 0.1) is 17.4 Å². The number of carbonyl (C=O) groups is 2. The highest BCUT2D eigenvalue weighted by Gasteiger charge is 2.60. The first kappa shape index (κ1) is 19.5. The van der Waals surface area contributed by atoms with Gasteiger partial charge in [0.15, 0.2) is 6.10 Å². The standard InChI is InChI=1S/C25H21FN2O3/c1-2-16-8-10-17(11-9-16)22-21-23(31-28(22)20-6-4-3-5-7-20)25(30)27(24(21)29)19-14-12-18(26)13-15-19/h3-15,21-23H,2H2,1H3. The number of hydrogen-bond acceptors (Lipinski definition) is 4. The first-order chi connectivity index (χ1) is 15.1. The van der Waals surface area contributed by atoms with Crippen molar-refractivity contribution in [3.63, 3.8) is 0 Å². The zero-order chi connectivity index (χ0) is 21.5. The molecule has 3 aromatic carbocycles. The van der Waals surface area contributed by atoms with Crippen molar-refractivity contribution in [3.8, 4) is 0 Å². The molecule has 0 saturated carbocycles. The maximum Gasteiger partial charge on any atom is 0.266 e. The van der Waals surface area contributed by atoms with Crippen LogP contribution in [0.15, 0.2) is 78.9 Å². The number of aryl methyl sites for hydroxylation is 1. The van der Waals surface area contributed by atoms with Crippen molar-refractivity contribution in [2.75, 3.05) is 9.96 Å². The molecule has 2 aliphatic heterocycles. The van der Waals surface area contributed by atoms with Gasteiger partial charge in [0, 0.05) is 0 Å². The van der Waals surface area contributed by atoms with E-state index in [0.29, 0.717) is 5.69 Å². The van der Waals surface area contributed by atoms with Crippen LogP contribution in [0.3, 0.4) is 0 Å². The van der Waals surface area contributed by atoms with E-state index in [4.69, 9.17) is 4.84 Å². The normalized spacial score (nSPS) is 22.8. The van der Waals surface area contributed by atoms with E-state index >= 15 is 0 Å². The van der Waals surface area contributed by atoms with Crippen LogP contribution >= 0.6 is 0 Å². The molecule has 0 aliphatic carbocycles. The molecule has 2 aliphatic rings. The average molecular weight is 416 g/mol. The van der Waals surface area contributed by atoms with Gasteiger partial charge in [-0.3, -0.25) is 14.4 Å². The first-order valence-corrected chi connectivity index (χ1v) is 10.3. The molecule has 0 spiro atoms. The van der Waals surface area contributed by atoms with Crippen LogP contribution in [-0.4, -0.2) is 17.9 Å². The Morgan fingerprint density at radius 3 is 2.16 bits per heavy atom. The molecule has 31 heavy (non-hydrogen) atoms. The van der Waals surface area contributed by atoms with Gasteiger partial charge in [-0.25, -0.2) is 14.4 Å². The Labute approximate surface area is 179 Å². The number of amides is 2. The minimum Gasteiger partial charge on any atom is -0.273 e. The maximum atomic E-state index is 13.5. The van der Waals surface area contributed by atoms with Crippen LogP contribution in [0.4, 0.5) is 15.8 Å². The Morgan fingerprint density at radius 2 is 1.52 bits per heavy atom. The number of fused-ring (bicyclic) bond motifs is 1. The molecule has 5 nitrogen and oxygen atoms in total. The molecule has 0 radical (unpaired) electrons. The highest BCUT2D eigenvalue weighted by atomic mass is 19.1. The van der Waals surface area contributed by atoms with Gasteiger partial charge >= 0.3 is 0 Å². The van der Waals surface area contributed by atoms with Crippen molar-refractivity contribution in [2.24, 2.45) is 5.92 Å². The van der Waals surface area contributed by atoms with E-state index < -0.39 is 29.8 Å². The first-order valence-electron chi connectivity index (χ1n) is 10.3. The van der Waals surface area contributed by atoms with E-state index in [-0.39, 0.29) is 5.91 Å². The maximum absolute atomic E-state index is 13.5. The summed E-state index contributed by atoms with van der Waals surface area (Å²) in [5.41, 5.74) is 3.21. The van der Waals surface area contributed by atoms with Gasteiger partial charge in [-0.2, -0.15) is 0 Å². The Morgan fingerprint density at radius 1 is 0.839 bits per heavy atom. The molecule has 3 atom stereocenters. The molecule has 3 aromatic rings. The van der Waals surface area contributed by atoms with Crippen LogP contribution in [0.5, 0.6) is 0 Å². The van der Waals surface area contributed by atoms with E-state index in [2.05, 4.69) is 6.92 Å². The second-order valence-corrected chi connectivity index (χ2v) is 7.74. The van der Waals surface area contributed by atoms with Gasteiger partial charge in [0.1, 0.15) is 11.7 Å². The summed E-state index contributed by atoms with van der Waals surface area (Å²) < 4.78 is 13.4. The largest absolute Gasteiger partial charge is 0.273 e. The topological polar surface area (TPSA) is 49.9 Å². The minimum atomic E-state index is -0.936. The summed E-state index contributed by atoms with van der Waals surface area (Å²) >= 11 is 0. The fourth-order valence-corrected chi connectivity index (χ4v) is 4.35. The number of rotatable bonds is 4. The van der Waals surface area contributed by atoms with Gasteiger partial charge in [-0.1, -0.05) is 49.4 Å². The molecular weight excluding hydrogens is 395 g/mol. The highest BCUT2D eigenvalue weighted by molar-refractivity contribution is 6.23. The number of para-hydroxylation sites is 1. The van der Waals surface area contributed by atoms with Crippen molar-refractivity contribution in [2.45, 2.75) is 25.5 Å². The second-order valence-electron chi connectivity index (χ2n) is 7.74. The number of hydrogen-bond donors (Lipinski definition) is 0. The van der Waals surface area contributed by atoms with Crippen molar-refractivity contribution < 1.29 is 18.8 Å². The molecule has 0 N–H and O–H groups in total. The monoisotopic (exact) mass is 416 g/mol. The lowest BCUT2D eigenvalue weighted by Crippen LogP contribution is -2.37. The predicted octanol–water partition coefficient (Wildman–Crippen LogP) is 4.44. The average Bonchev–Trinajstić information content (AvgIpc) is 3.31. The summed E-state index contributed by atoms with van der Waals surface area (Å²) in [7, 11) is 0. The molecule has 2 amide bonds. The van der Waals surface area contributed by atoms with Gasteiger partial charge in [0.2, 0.25) is 5.91 Å². The van der Waals surface area contributed by atoms with Gasteiger partial charge in [-0.15, -0.1) is 0 Å². The Bertz CT molecular complexity index is 1120. The highest BCUT2D eigenvalue weighted by Crippen LogP contribution is 2.47. The van der Waals surface area contributed by atoms with E-state index in [1.165, 1.54) is 29.8 Å². The SMILES string of the molecule is CCc1ccc(C2C3C(=O)N(c4ccc(F)cc4)C(=O)C3ON2c2ccccc2)cc1. The molecule has 6 heteroatoms. The van der Waals surface area contributed by atoms with Crippen molar-refractivity contribution in [1.29, 1.82) is 0 Å². The van der Waals surface area contributed by atoms with Gasteiger partial charge in [0.25, 0.3) is 5.91 Å². The molecule has 3 unspecified atom stereocenters. The summed E-state index contributed by atoms with van der Waals surface area (Å²) in [6.07, 6.45) is -0.0281. The molecule has 2 heterocycles. The van der Waals surface area contributed by atoms with Gasteiger partial charge < -0.3 is 0 Å². The summed E-state index contributed by atoms with van der Waals surface area (Å²) in [5.74, 6) is -1.91. The summed E-state index contributed by atoms with van der Waals surface area (Å²) in [6.45, 7) is 2.08. The summed E-state index contributed by atoms with van der Waals surface area (Å²) in [4.78, 5) is 33.9. The van der Waals surface area contributed by atoms with E-state index in [9.17, 15) is 14.0 Å². The fourth-order valence-electron chi connectivity index (χ4n) is 4.35. The Kier molecular flexibility index (Phi) is 4.79. The van der Waals surface area contributed by atoms with Crippen molar-refractivity contribution in [3.05, 3.63) is 95.8 Å². The minimum absolute atomic E-state index is 0.343. The van der Waals surface area contributed by atoms with E-state index in [1.807, 2.05) is 54.6 Å². The third kappa shape index (κ3) is 3.20. The summed E-state index contributed by atoms with van der Waals surface area (Å²) in [5, 5.41) is 1.67. The molecule has 2 fully saturated rings. The number of halogens is 1. The molecular formula is C25H21FN2O3. The third-order valence-electron chi connectivity index (χ3n) is 5.94. The lowest BCUT2D eigenvalue weighted by molar-refractivity contribution is -0.126. The van der Waals surface area contributed by atoms with Crippen LogP contribution in [0, 0.1) is 11.7 Å². The lowest BCUT2D eigenvalue weighted by Gasteiger charge is -2.28. The fraction of sp³-hybridized carbons (Fsp3) is 0.200. The molecule has 2 saturated heterocycles. The molecule has 156 valence electrons. The quantitative estimate of drug-likeness (QED) is 0.590. The molecule has 0 bridgehead atoms. The van der Waals surface area contributed by atoms with Crippen LogP contribution in [0.25, 0.3) is 0 Å². The molecule has 5 rings (SSSR count). The Balaban J connectivity index is 1.57. The van der Waals surface area contributed by atoms with E-state index in [0.717, 1.165) is 22.6 Å². The van der Waals surface area contributed by atoms with Crippen molar-refractivity contribution in [1.82, 2.24) is 0 Å². The number of hydroxylamine groups is 1. The van der Waals surface area contributed by atoms with Crippen LogP contribution < -0.4 is 9.96 Å². The third-order valence-corrected chi connectivity index (χ3v) is 5.94.